The summed E-state index contributed by atoms with van der Waals surface area (Å²) in [6, 6.07) is 5.07. The molecule has 0 amide bonds. The Kier molecular flexibility index (Phi) is 4.39. The van der Waals surface area contributed by atoms with Crippen molar-refractivity contribution in [2.45, 2.75) is 25.7 Å². The molecule has 0 saturated heterocycles. The molecule has 2 atom stereocenters. The summed E-state index contributed by atoms with van der Waals surface area (Å²) in [7, 11) is 0. The lowest BCUT2D eigenvalue weighted by atomic mass is 9.78. The molecule has 0 spiro atoms. The minimum absolute atomic E-state index is 0.0919. The summed E-state index contributed by atoms with van der Waals surface area (Å²) in [6.45, 7) is 2.02. The van der Waals surface area contributed by atoms with Gasteiger partial charge in [-0.3, -0.25) is 10.5 Å². The fourth-order valence-electron chi connectivity index (χ4n) is 2.98. The van der Waals surface area contributed by atoms with Crippen molar-refractivity contribution in [2.75, 3.05) is 0 Å². The second-order valence-corrected chi connectivity index (χ2v) is 6.39. The minimum Gasteiger partial charge on any atom is -0.506 e. The topological polar surface area (TPSA) is 106 Å². The van der Waals surface area contributed by atoms with E-state index < -0.39 is 11.8 Å². The zero-order valence-corrected chi connectivity index (χ0v) is 14.2. The maximum Gasteiger partial charge on any atom is 0.243 e. The third-order valence-corrected chi connectivity index (χ3v) is 4.52. The van der Waals surface area contributed by atoms with E-state index in [9.17, 15) is 10.4 Å². The fourth-order valence-corrected chi connectivity index (χ4v) is 3.49. The molecule has 0 radical (unpaired) electrons. The van der Waals surface area contributed by atoms with Crippen molar-refractivity contribution in [3.8, 4) is 17.7 Å². The Balaban J connectivity index is 2.27. The molecule has 3 N–H and O–H groups in total. The lowest BCUT2D eigenvalue weighted by Gasteiger charge is -2.28. The SMILES string of the molecule is CCCc1[nH]nc2c1C(c1cc(Cl)cc(Cl)c1O)C(C#N)C(=N)O2. The first-order valence-electron chi connectivity index (χ1n) is 7.38. The van der Waals surface area contributed by atoms with E-state index in [0.717, 1.165) is 12.1 Å². The van der Waals surface area contributed by atoms with Crippen LogP contribution in [-0.2, 0) is 6.42 Å². The quantitative estimate of drug-likeness (QED) is 0.764. The van der Waals surface area contributed by atoms with Gasteiger partial charge in [0.05, 0.1) is 11.1 Å². The fraction of sp³-hybridized carbons (Fsp3) is 0.312. The van der Waals surface area contributed by atoms with Crippen molar-refractivity contribution in [1.29, 1.82) is 10.7 Å². The van der Waals surface area contributed by atoms with Crippen molar-refractivity contribution in [3.05, 3.63) is 39.0 Å². The number of phenolic OH excluding ortho intramolecular Hbond substituents is 1. The highest BCUT2D eigenvalue weighted by Gasteiger charge is 2.41. The number of hydrogen-bond donors (Lipinski definition) is 3. The zero-order chi connectivity index (χ0) is 17.4. The van der Waals surface area contributed by atoms with Crippen LogP contribution in [-0.4, -0.2) is 21.2 Å². The molecule has 0 fully saturated rings. The second kappa shape index (κ2) is 6.34. The first-order chi connectivity index (χ1) is 11.5. The number of hydrogen-bond acceptors (Lipinski definition) is 5. The Hall–Kier alpha value is -2.23. The molecule has 2 aromatic rings. The lowest BCUT2D eigenvalue weighted by Crippen LogP contribution is -2.31. The number of aryl methyl sites for hydroxylation is 1. The van der Waals surface area contributed by atoms with Gasteiger partial charge < -0.3 is 9.84 Å². The van der Waals surface area contributed by atoms with E-state index in [1.54, 1.807) is 6.07 Å². The van der Waals surface area contributed by atoms with Gasteiger partial charge >= 0.3 is 0 Å². The number of nitrogens with one attached hydrogen (secondary N) is 2. The molecule has 0 saturated carbocycles. The van der Waals surface area contributed by atoms with Gasteiger partial charge in [-0.25, -0.2) is 0 Å². The number of aromatic nitrogens is 2. The van der Waals surface area contributed by atoms with E-state index in [-0.39, 0.29) is 22.5 Å². The summed E-state index contributed by atoms with van der Waals surface area (Å²) >= 11 is 12.1. The Morgan fingerprint density at radius 1 is 1.46 bits per heavy atom. The molecule has 1 aliphatic rings. The van der Waals surface area contributed by atoms with Crippen molar-refractivity contribution in [1.82, 2.24) is 10.2 Å². The summed E-state index contributed by atoms with van der Waals surface area (Å²) in [5.74, 6) is -1.68. The lowest BCUT2D eigenvalue weighted by molar-refractivity contribution is 0.422. The van der Waals surface area contributed by atoms with Gasteiger partial charge in [-0.1, -0.05) is 36.5 Å². The number of aromatic amines is 1. The summed E-state index contributed by atoms with van der Waals surface area (Å²) in [5, 5.41) is 35.4. The van der Waals surface area contributed by atoms with Crippen LogP contribution in [0, 0.1) is 22.7 Å². The number of H-pyrrole nitrogens is 1. The largest absolute Gasteiger partial charge is 0.506 e. The van der Waals surface area contributed by atoms with Gasteiger partial charge in [-0.2, -0.15) is 5.26 Å². The Morgan fingerprint density at radius 2 is 2.21 bits per heavy atom. The molecular formula is C16H14Cl2N4O2. The highest BCUT2D eigenvalue weighted by atomic mass is 35.5. The number of aromatic hydroxyl groups is 1. The molecule has 0 bridgehead atoms. The van der Waals surface area contributed by atoms with Crippen LogP contribution in [0.3, 0.4) is 0 Å². The van der Waals surface area contributed by atoms with Crippen molar-refractivity contribution >= 4 is 29.1 Å². The summed E-state index contributed by atoms with van der Waals surface area (Å²) < 4.78 is 5.39. The van der Waals surface area contributed by atoms with Crippen LogP contribution in [0.4, 0.5) is 0 Å². The zero-order valence-electron chi connectivity index (χ0n) is 12.7. The van der Waals surface area contributed by atoms with E-state index in [2.05, 4.69) is 16.3 Å². The molecule has 1 aliphatic heterocycles. The average molecular weight is 365 g/mol. The van der Waals surface area contributed by atoms with Gasteiger partial charge in [0.2, 0.25) is 11.8 Å². The predicted molar refractivity (Wildman–Crippen MR) is 90.0 cm³/mol. The minimum atomic E-state index is -0.911. The summed E-state index contributed by atoms with van der Waals surface area (Å²) in [4.78, 5) is 0. The standard InChI is InChI=1S/C16H14Cl2N4O2/c1-2-3-11-13-12(8-4-7(17)5-10(18)14(8)23)9(6-19)15(20)24-16(13)22-21-11/h4-5,9,12,20,23H,2-3H2,1H3,(H,21,22). The molecular weight excluding hydrogens is 351 g/mol. The monoisotopic (exact) mass is 364 g/mol. The van der Waals surface area contributed by atoms with Gasteiger partial charge in [0, 0.05) is 27.8 Å². The van der Waals surface area contributed by atoms with Gasteiger partial charge in [-0.15, -0.1) is 5.10 Å². The van der Waals surface area contributed by atoms with E-state index in [4.69, 9.17) is 33.3 Å². The van der Waals surface area contributed by atoms with Crippen LogP contribution in [0.2, 0.25) is 10.0 Å². The molecule has 3 rings (SSSR count). The second-order valence-electron chi connectivity index (χ2n) is 5.55. The normalized spacial score (nSPS) is 19.5. The molecule has 1 aromatic carbocycles. The molecule has 8 heteroatoms. The number of rotatable bonds is 3. The number of nitriles is 1. The van der Waals surface area contributed by atoms with Crippen molar-refractivity contribution in [2.24, 2.45) is 5.92 Å². The molecule has 6 nitrogen and oxygen atoms in total. The number of ether oxygens (including phenoxy) is 1. The molecule has 2 heterocycles. The van der Waals surface area contributed by atoms with Gasteiger partial charge in [0.1, 0.15) is 11.7 Å². The molecule has 24 heavy (non-hydrogen) atoms. The maximum atomic E-state index is 10.4. The van der Waals surface area contributed by atoms with Crippen LogP contribution in [0.15, 0.2) is 12.1 Å². The molecule has 0 aliphatic carbocycles. The number of halogens is 2. The van der Waals surface area contributed by atoms with Crippen molar-refractivity contribution in [3.63, 3.8) is 0 Å². The van der Waals surface area contributed by atoms with Crippen molar-refractivity contribution < 1.29 is 9.84 Å². The van der Waals surface area contributed by atoms with Crippen LogP contribution < -0.4 is 4.74 Å². The molecule has 1 aromatic heterocycles. The Bertz CT molecular complexity index is 856. The van der Waals surface area contributed by atoms with E-state index in [0.29, 0.717) is 22.6 Å². The van der Waals surface area contributed by atoms with E-state index in [1.807, 2.05) is 6.92 Å². The molecule has 124 valence electrons. The summed E-state index contributed by atoms with van der Waals surface area (Å²) in [5.41, 5.74) is 1.85. The average Bonchev–Trinajstić information content (AvgIpc) is 2.92. The van der Waals surface area contributed by atoms with Gasteiger partial charge in [-0.05, 0) is 18.6 Å². The highest BCUT2D eigenvalue weighted by molar-refractivity contribution is 6.35. The van der Waals surface area contributed by atoms with Crippen LogP contribution in [0.1, 0.15) is 36.1 Å². The highest BCUT2D eigenvalue weighted by Crippen LogP contribution is 2.47. The predicted octanol–water partition coefficient (Wildman–Crippen LogP) is 4.02. The number of phenols is 1. The van der Waals surface area contributed by atoms with Crippen LogP contribution in [0.5, 0.6) is 11.6 Å². The van der Waals surface area contributed by atoms with E-state index >= 15 is 0 Å². The van der Waals surface area contributed by atoms with Gasteiger partial charge in [0.25, 0.3) is 0 Å². The first-order valence-corrected chi connectivity index (χ1v) is 8.14. The Morgan fingerprint density at radius 3 is 2.88 bits per heavy atom. The number of nitrogens with zero attached hydrogens (tertiary/aromatic N) is 2. The van der Waals surface area contributed by atoms with Crippen LogP contribution >= 0.6 is 23.2 Å². The smallest absolute Gasteiger partial charge is 0.243 e. The van der Waals surface area contributed by atoms with E-state index in [1.165, 1.54) is 6.07 Å². The first kappa shape index (κ1) is 16.6. The summed E-state index contributed by atoms with van der Waals surface area (Å²) in [6.07, 6.45) is 1.56. The Labute approximate surface area is 148 Å². The molecule has 2 unspecified atom stereocenters. The van der Waals surface area contributed by atoms with Gasteiger partial charge in [0.15, 0.2) is 0 Å². The van der Waals surface area contributed by atoms with Crippen LogP contribution in [0.25, 0.3) is 0 Å². The number of fused-ring (bicyclic) bond motifs is 1. The third kappa shape index (κ3) is 2.60. The number of benzene rings is 1. The maximum absolute atomic E-state index is 10.4. The third-order valence-electron chi connectivity index (χ3n) is 4.01.